The van der Waals surface area contributed by atoms with Gasteiger partial charge in [-0.25, -0.2) is 4.79 Å². The minimum absolute atomic E-state index is 0.0377. The number of carbonyl (C=O) groups excluding carboxylic acids is 1. The van der Waals surface area contributed by atoms with E-state index < -0.39 is 10.9 Å². The lowest BCUT2D eigenvalue weighted by molar-refractivity contribution is -0.384. The number of carbonyl (C=O) groups is 1. The summed E-state index contributed by atoms with van der Waals surface area (Å²) in [6, 6.07) is 4.37. The third-order valence-corrected chi connectivity index (χ3v) is 3.58. The van der Waals surface area contributed by atoms with E-state index in [4.69, 9.17) is 4.74 Å². The summed E-state index contributed by atoms with van der Waals surface area (Å²) in [6.07, 6.45) is 3.27. The van der Waals surface area contributed by atoms with E-state index in [1.807, 2.05) is 6.07 Å². The molecule has 1 aromatic carbocycles. The molecule has 0 spiro atoms. The number of anilines is 1. The van der Waals surface area contributed by atoms with Gasteiger partial charge in [0.15, 0.2) is 5.69 Å². The van der Waals surface area contributed by atoms with Crippen LogP contribution in [0.3, 0.4) is 0 Å². The van der Waals surface area contributed by atoms with Gasteiger partial charge in [-0.15, -0.1) is 0 Å². The van der Waals surface area contributed by atoms with Crippen LogP contribution in [-0.4, -0.2) is 30.1 Å². The molecule has 0 aliphatic heterocycles. The van der Waals surface area contributed by atoms with Crippen LogP contribution in [0.1, 0.15) is 15.9 Å². The number of ether oxygens (including phenoxy) is 2. The second-order valence-electron chi connectivity index (χ2n) is 4.69. The number of esters is 1. The highest BCUT2D eigenvalue weighted by Crippen LogP contribution is 2.36. The van der Waals surface area contributed by atoms with E-state index in [-0.39, 0.29) is 22.7 Å². The lowest BCUT2D eigenvalue weighted by atomic mass is 10.1. The summed E-state index contributed by atoms with van der Waals surface area (Å²) in [5.74, 6) is -0.508. The first kappa shape index (κ1) is 17.7. The molecule has 0 radical (unpaired) electrons. The molecule has 1 N–H and O–H groups in total. The van der Waals surface area contributed by atoms with Gasteiger partial charge in [-0.2, -0.15) is 0 Å². The van der Waals surface area contributed by atoms with Crippen LogP contribution in [0.2, 0.25) is 0 Å². The van der Waals surface area contributed by atoms with E-state index in [9.17, 15) is 14.9 Å². The van der Waals surface area contributed by atoms with Gasteiger partial charge in [0, 0.05) is 29.5 Å². The number of benzene rings is 1. The van der Waals surface area contributed by atoms with Gasteiger partial charge >= 0.3 is 5.97 Å². The van der Waals surface area contributed by atoms with Crippen molar-refractivity contribution in [2.45, 2.75) is 6.54 Å². The molecule has 1 aromatic heterocycles. The van der Waals surface area contributed by atoms with Gasteiger partial charge in [-0.3, -0.25) is 15.1 Å². The van der Waals surface area contributed by atoms with Gasteiger partial charge in [0.25, 0.3) is 5.69 Å². The highest BCUT2D eigenvalue weighted by molar-refractivity contribution is 9.10. The SMILES string of the molecule is COC(=O)c1cc(OC)c(NCc2cncc(Br)c2)c([N+](=O)[O-])c1. The van der Waals surface area contributed by atoms with Gasteiger partial charge in [0.2, 0.25) is 0 Å². The quantitative estimate of drug-likeness (QED) is 0.454. The maximum absolute atomic E-state index is 11.7. The molecule has 1 heterocycles. The highest BCUT2D eigenvalue weighted by atomic mass is 79.9. The van der Waals surface area contributed by atoms with Crippen molar-refractivity contribution in [2.24, 2.45) is 0 Å². The molecule has 9 heteroatoms. The van der Waals surface area contributed by atoms with Gasteiger partial charge in [-0.05, 0) is 33.6 Å². The summed E-state index contributed by atoms with van der Waals surface area (Å²) in [5, 5.41) is 14.3. The Kier molecular flexibility index (Phi) is 5.69. The van der Waals surface area contributed by atoms with Crippen LogP contribution >= 0.6 is 15.9 Å². The Hall–Kier alpha value is -2.68. The van der Waals surface area contributed by atoms with Gasteiger partial charge in [-0.1, -0.05) is 0 Å². The largest absolute Gasteiger partial charge is 0.494 e. The predicted octanol–water partition coefficient (Wildman–Crippen LogP) is 3.16. The van der Waals surface area contributed by atoms with Crippen molar-refractivity contribution in [3.8, 4) is 5.75 Å². The van der Waals surface area contributed by atoms with Crippen LogP contribution < -0.4 is 10.1 Å². The van der Waals surface area contributed by atoms with Crippen LogP contribution in [0.15, 0.2) is 35.1 Å². The zero-order valence-corrected chi connectivity index (χ0v) is 14.5. The third-order valence-electron chi connectivity index (χ3n) is 3.15. The molecular weight excluding hydrogens is 382 g/mol. The molecule has 0 saturated carbocycles. The topological polar surface area (TPSA) is 104 Å². The number of nitro benzene ring substituents is 1. The van der Waals surface area contributed by atoms with E-state index in [1.54, 1.807) is 12.4 Å². The number of halogens is 1. The fraction of sp³-hybridized carbons (Fsp3) is 0.200. The van der Waals surface area contributed by atoms with Crippen molar-refractivity contribution in [2.75, 3.05) is 19.5 Å². The van der Waals surface area contributed by atoms with Crippen molar-refractivity contribution < 1.29 is 19.2 Å². The summed E-state index contributed by atoms with van der Waals surface area (Å²) in [7, 11) is 2.57. The fourth-order valence-corrected chi connectivity index (χ4v) is 2.47. The van der Waals surface area contributed by atoms with Crippen LogP contribution in [0.4, 0.5) is 11.4 Å². The number of rotatable bonds is 6. The summed E-state index contributed by atoms with van der Waals surface area (Å²) in [5.41, 5.74) is 0.751. The summed E-state index contributed by atoms with van der Waals surface area (Å²) in [6.45, 7) is 0.293. The van der Waals surface area contributed by atoms with E-state index in [0.717, 1.165) is 16.1 Å². The molecule has 0 aliphatic rings. The number of hydrogen-bond acceptors (Lipinski definition) is 7. The van der Waals surface area contributed by atoms with Crippen molar-refractivity contribution in [3.05, 3.63) is 56.3 Å². The van der Waals surface area contributed by atoms with Crippen molar-refractivity contribution >= 4 is 33.3 Å². The van der Waals surface area contributed by atoms with Crippen LogP contribution in [-0.2, 0) is 11.3 Å². The summed E-state index contributed by atoms with van der Waals surface area (Å²) < 4.78 is 10.6. The summed E-state index contributed by atoms with van der Waals surface area (Å²) >= 11 is 3.31. The molecule has 0 unspecified atom stereocenters. The van der Waals surface area contributed by atoms with Crippen LogP contribution in [0.25, 0.3) is 0 Å². The van der Waals surface area contributed by atoms with Gasteiger partial charge < -0.3 is 14.8 Å². The fourth-order valence-electron chi connectivity index (χ4n) is 2.06. The minimum Gasteiger partial charge on any atom is -0.494 e. The lowest BCUT2D eigenvalue weighted by Crippen LogP contribution is -2.08. The highest BCUT2D eigenvalue weighted by Gasteiger charge is 2.23. The second-order valence-corrected chi connectivity index (χ2v) is 5.60. The molecule has 2 rings (SSSR count). The standard InChI is InChI=1S/C15H14BrN3O5/c1-23-13-5-10(15(20)24-2)4-12(19(21)22)14(13)18-7-9-3-11(16)8-17-6-9/h3-6,8,18H,7H2,1-2H3. The Labute approximate surface area is 146 Å². The van der Waals surface area contributed by atoms with Crippen molar-refractivity contribution in [1.29, 1.82) is 0 Å². The number of methoxy groups -OCH3 is 2. The average molecular weight is 396 g/mol. The van der Waals surface area contributed by atoms with Crippen molar-refractivity contribution in [3.63, 3.8) is 0 Å². The maximum atomic E-state index is 11.7. The maximum Gasteiger partial charge on any atom is 0.338 e. The Morgan fingerprint density at radius 1 is 1.33 bits per heavy atom. The summed E-state index contributed by atoms with van der Waals surface area (Å²) in [4.78, 5) is 26.5. The van der Waals surface area contributed by atoms with E-state index in [2.05, 4.69) is 31.0 Å². The first-order valence-corrected chi connectivity index (χ1v) is 7.53. The lowest BCUT2D eigenvalue weighted by Gasteiger charge is -2.13. The number of aromatic nitrogens is 1. The van der Waals surface area contributed by atoms with Crippen molar-refractivity contribution in [1.82, 2.24) is 4.98 Å². The Morgan fingerprint density at radius 3 is 2.67 bits per heavy atom. The molecule has 126 valence electrons. The minimum atomic E-state index is -0.681. The molecule has 0 atom stereocenters. The zero-order valence-electron chi connectivity index (χ0n) is 12.9. The first-order valence-electron chi connectivity index (χ1n) is 6.74. The zero-order chi connectivity index (χ0) is 17.7. The van der Waals surface area contributed by atoms with E-state index in [0.29, 0.717) is 6.54 Å². The second kappa shape index (κ2) is 7.73. The van der Waals surface area contributed by atoms with Gasteiger partial charge in [0.1, 0.15) is 5.75 Å². The Balaban J connectivity index is 2.39. The molecule has 0 aliphatic carbocycles. The molecule has 8 nitrogen and oxygen atoms in total. The number of pyridine rings is 1. The third kappa shape index (κ3) is 3.99. The number of hydrogen-bond donors (Lipinski definition) is 1. The molecule has 24 heavy (non-hydrogen) atoms. The molecular formula is C15H14BrN3O5. The van der Waals surface area contributed by atoms with E-state index >= 15 is 0 Å². The smallest absolute Gasteiger partial charge is 0.338 e. The Bertz CT molecular complexity index is 782. The van der Waals surface area contributed by atoms with E-state index in [1.165, 1.54) is 20.3 Å². The number of nitrogens with one attached hydrogen (secondary N) is 1. The average Bonchev–Trinajstić information content (AvgIpc) is 2.58. The predicted molar refractivity (Wildman–Crippen MR) is 90.3 cm³/mol. The molecule has 0 saturated heterocycles. The molecule has 0 bridgehead atoms. The first-order chi connectivity index (χ1) is 11.5. The van der Waals surface area contributed by atoms with Crippen LogP contribution in [0, 0.1) is 10.1 Å². The monoisotopic (exact) mass is 395 g/mol. The molecule has 2 aromatic rings. The number of nitrogens with zero attached hydrogens (tertiary/aromatic N) is 2. The normalized spacial score (nSPS) is 10.1. The molecule has 0 amide bonds. The molecule has 0 fully saturated rings. The Morgan fingerprint density at radius 2 is 2.08 bits per heavy atom. The van der Waals surface area contributed by atoms with Gasteiger partial charge in [0.05, 0.1) is 24.7 Å². The number of nitro groups is 1. The van der Waals surface area contributed by atoms with Crippen LogP contribution in [0.5, 0.6) is 5.75 Å².